The van der Waals surface area contributed by atoms with Gasteiger partial charge in [0.2, 0.25) is 5.91 Å². The van der Waals surface area contributed by atoms with E-state index in [1.165, 1.54) is 21.9 Å². The van der Waals surface area contributed by atoms with Gasteiger partial charge in [-0.2, -0.15) is 0 Å². The molecular weight excluding hydrogens is 373 g/mol. The van der Waals surface area contributed by atoms with Gasteiger partial charge in [-0.3, -0.25) is 14.4 Å². The minimum absolute atomic E-state index is 0.227. The molecule has 1 aliphatic heterocycles. The summed E-state index contributed by atoms with van der Waals surface area (Å²) < 4.78 is 13.1. The lowest BCUT2D eigenvalue weighted by atomic mass is 10.1. The number of piperazine rings is 1. The molecule has 1 saturated heterocycles. The molecule has 1 aliphatic rings. The van der Waals surface area contributed by atoms with Crippen molar-refractivity contribution in [3.8, 4) is 0 Å². The topological polar surface area (TPSA) is 69.7 Å². The highest BCUT2D eigenvalue weighted by Crippen LogP contribution is 2.18. The number of carbonyl (C=O) groups excluding carboxylic acids is 3. The van der Waals surface area contributed by atoms with Crippen LogP contribution in [-0.4, -0.2) is 46.7 Å². The van der Waals surface area contributed by atoms with E-state index >= 15 is 0 Å². The largest absolute Gasteiger partial charge is 0.328 e. The van der Waals surface area contributed by atoms with Crippen LogP contribution >= 0.6 is 0 Å². The van der Waals surface area contributed by atoms with Crippen LogP contribution in [0.15, 0.2) is 48.5 Å². The third-order valence-electron chi connectivity index (χ3n) is 5.10. The lowest BCUT2D eigenvalue weighted by Crippen LogP contribution is -2.59. The zero-order valence-corrected chi connectivity index (χ0v) is 16.5. The number of rotatable bonds is 6. The van der Waals surface area contributed by atoms with Crippen LogP contribution in [0.5, 0.6) is 0 Å². The monoisotopic (exact) mass is 397 g/mol. The van der Waals surface area contributed by atoms with Gasteiger partial charge in [-0.15, -0.1) is 0 Å². The van der Waals surface area contributed by atoms with Crippen LogP contribution in [0.1, 0.15) is 24.5 Å². The van der Waals surface area contributed by atoms with Gasteiger partial charge in [0.25, 0.3) is 0 Å². The molecule has 1 unspecified atom stereocenters. The molecule has 0 spiro atoms. The maximum atomic E-state index is 13.1. The maximum absolute atomic E-state index is 13.1. The molecule has 3 rings (SSSR count). The van der Waals surface area contributed by atoms with Crippen LogP contribution in [0.25, 0.3) is 0 Å². The highest BCUT2D eigenvalue weighted by atomic mass is 19.1. The van der Waals surface area contributed by atoms with Gasteiger partial charge in [-0.1, -0.05) is 37.3 Å². The number of amides is 3. The summed E-state index contributed by atoms with van der Waals surface area (Å²) in [6.45, 7) is 4.51. The highest BCUT2D eigenvalue weighted by Gasteiger charge is 2.38. The molecule has 2 aromatic carbocycles. The van der Waals surface area contributed by atoms with E-state index in [9.17, 15) is 18.8 Å². The number of nitrogens with zero attached hydrogens (tertiary/aromatic N) is 2. The Kier molecular flexibility index (Phi) is 6.26. The van der Waals surface area contributed by atoms with Crippen molar-refractivity contribution in [3.63, 3.8) is 0 Å². The van der Waals surface area contributed by atoms with Crippen LogP contribution in [0.4, 0.5) is 10.1 Å². The Hall–Kier alpha value is -3.22. The smallest absolute Gasteiger partial charge is 0.312 e. The zero-order valence-electron chi connectivity index (χ0n) is 16.5. The summed E-state index contributed by atoms with van der Waals surface area (Å²) in [7, 11) is 0. The van der Waals surface area contributed by atoms with Crippen LogP contribution in [-0.2, 0) is 20.9 Å². The van der Waals surface area contributed by atoms with E-state index in [-0.39, 0.29) is 24.8 Å². The van der Waals surface area contributed by atoms with Gasteiger partial charge in [-0.25, -0.2) is 4.39 Å². The average molecular weight is 397 g/mol. The van der Waals surface area contributed by atoms with Crippen molar-refractivity contribution in [1.82, 2.24) is 9.80 Å². The molecule has 0 bridgehead atoms. The van der Waals surface area contributed by atoms with Crippen molar-refractivity contribution in [2.24, 2.45) is 0 Å². The first-order valence-electron chi connectivity index (χ1n) is 9.61. The van der Waals surface area contributed by atoms with Crippen molar-refractivity contribution in [2.75, 3.05) is 18.4 Å². The molecule has 152 valence electrons. The van der Waals surface area contributed by atoms with E-state index in [1.807, 2.05) is 32.0 Å². The Morgan fingerprint density at radius 2 is 1.76 bits per heavy atom. The summed E-state index contributed by atoms with van der Waals surface area (Å²) in [4.78, 5) is 40.8. The minimum atomic E-state index is -0.723. The Morgan fingerprint density at radius 1 is 1.07 bits per heavy atom. The molecule has 3 amide bonds. The van der Waals surface area contributed by atoms with Crippen LogP contribution in [0.3, 0.4) is 0 Å². The quantitative estimate of drug-likeness (QED) is 0.762. The maximum Gasteiger partial charge on any atom is 0.312 e. The van der Waals surface area contributed by atoms with Crippen molar-refractivity contribution >= 4 is 23.4 Å². The van der Waals surface area contributed by atoms with Crippen LogP contribution in [0, 0.1) is 12.7 Å². The Morgan fingerprint density at radius 3 is 2.41 bits per heavy atom. The Labute approximate surface area is 169 Å². The number of benzene rings is 2. The lowest BCUT2D eigenvalue weighted by molar-refractivity contribution is -0.159. The molecule has 0 aromatic heterocycles. The predicted molar refractivity (Wildman–Crippen MR) is 107 cm³/mol. The summed E-state index contributed by atoms with van der Waals surface area (Å²) in [5, 5.41) is 2.86. The predicted octanol–water partition coefficient (Wildman–Crippen LogP) is 2.72. The summed E-state index contributed by atoms with van der Waals surface area (Å²) in [5.74, 6) is -2.01. The first kappa shape index (κ1) is 20.5. The summed E-state index contributed by atoms with van der Waals surface area (Å²) in [5.41, 5.74) is 2.34. The third-order valence-corrected chi connectivity index (χ3v) is 5.10. The van der Waals surface area contributed by atoms with Gasteiger partial charge in [0.1, 0.15) is 11.9 Å². The fraction of sp³-hybridized carbons (Fsp3) is 0.318. The highest BCUT2D eigenvalue weighted by molar-refractivity contribution is 6.35. The molecule has 0 radical (unpaired) electrons. The van der Waals surface area contributed by atoms with E-state index in [4.69, 9.17) is 0 Å². The van der Waals surface area contributed by atoms with Gasteiger partial charge < -0.3 is 15.1 Å². The number of aryl methyl sites for hydroxylation is 1. The van der Waals surface area contributed by atoms with Crippen LogP contribution < -0.4 is 5.32 Å². The average Bonchev–Trinajstić information content (AvgIpc) is 2.71. The molecule has 1 fully saturated rings. The summed E-state index contributed by atoms with van der Waals surface area (Å²) in [6.07, 6.45) is 0.398. The van der Waals surface area contributed by atoms with Crippen molar-refractivity contribution in [3.05, 3.63) is 65.5 Å². The lowest BCUT2D eigenvalue weighted by Gasteiger charge is -2.37. The number of nitrogens with one attached hydrogen (secondary N) is 1. The SMILES string of the molecule is CCC(C(=O)Nc1ccccc1C)N1CCN(Cc2ccc(F)cc2)C(=O)C1=O. The number of halogens is 1. The molecule has 6 nitrogen and oxygen atoms in total. The van der Waals surface area contributed by atoms with Gasteiger partial charge >= 0.3 is 11.8 Å². The number of para-hydroxylation sites is 1. The molecular formula is C22H24FN3O3. The van der Waals surface area contributed by atoms with Gasteiger partial charge in [0.15, 0.2) is 0 Å². The third kappa shape index (κ3) is 4.62. The second-order valence-corrected chi connectivity index (χ2v) is 7.08. The van der Waals surface area contributed by atoms with Gasteiger partial charge in [-0.05, 0) is 42.7 Å². The molecule has 29 heavy (non-hydrogen) atoms. The first-order valence-corrected chi connectivity index (χ1v) is 9.61. The second-order valence-electron chi connectivity index (χ2n) is 7.08. The second kappa shape index (κ2) is 8.86. The fourth-order valence-electron chi connectivity index (χ4n) is 3.42. The molecule has 1 heterocycles. The minimum Gasteiger partial charge on any atom is -0.328 e. The number of hydrogen-bond acceptors (Lipinski definition) is 3. The van der Waals surface area contributed by atoms with Gasteiger partial charge in [0, 0.05) is 25.3 Å². The molecule has 0 saturated carbocycles. The van der Waals surface area contributed by atoms with E-state index < -0.39 is 17.9 Å². The fourth-order valence-corrected chi connectivity index (χ4v) is 3.42. The molecule has 1 N–H and O–H groups in total. The van der Waals surface area contributed by atoms with Crippen molar-refractivity contribution in [2.45, 2.75) is 32.9 Å². The zero-order chi connectivity index (χ0) is 21.0. The first-order chi connectivity index (χ1) is 13.9. The Balaban J connectivity index is 1.68. The summed E-state index contributed by atoms with van der Waals surface area (Å²) >= 11 is 0. The normalized spacial score (nSPS) is 15.4. The van der Waals surface area contributed by atoms with Crippen LogP contribution in [0.2, 0.25) is 0 Å². The van der Waals surface area contributed by atoms with E-state index in [1.54, 1.807) is 18.2 Å². The molecule has 7 heteroatoms. The van der Waals surface area contributed by atoms with Crippen molar-refractivity contribution < 1.29 is 18.8 Å². The van der Waals surface area contributed by atoms with E-state index in [2.05, 4.69) is 5.32 Å². The Bertz CT molecular complexity index is 914. The molecule has 1 atom stereocenters. The van der Waals surface area contributed by atoms with Gasteiger partial charge in [0.05, 0.1) is 0 Å². The molecule has 2 aromatic rings. The number of carbonyl (C=O) groups is 3. The molecule has 0 aliphatic carbocycles. The number of anilines is 1. The number of hydrogen-bond donors (Lipinski definition) is 1. The van der Waals surface area contributed by atoms with E-state index in [0.717, 1.165) is 11.1 Å². The van der Waals surface area contributed by atoms with E-state index in [0.29, 0.717) is 18.7 Å². The summed E-state index contributed by atoms with van der Waals surface area (Å²) in [6, 6.07) is 12.5. The van der Waals surface area contributed by atoms with Crippen molar-refractivity contribution in [1.29, 1.82) is 0 Å². The standard InChI is InChI=1S/C22H24FN3O3/c1-3-19(20(27)24-18-7-5-4-6-15(18)2)26-13-12-25(21(28)22(26)29)14-16-8-10-17(23)11-9-16/h4-11,19H,3,12-14H2,1-2H3,(H,24,27).